The Morgan fingerprint density at radius 1 is 1.60 bits per heavy atom. The van der Waals surface area contributed by atoms with Crippen molar-refractivity contribution < 1.29 is 15.0 Å². The van der Waals surface area contributed by atoms with Gasteiger partial charge in [-0.25, -0.2) is 4.79 Å². The van der Waals surface area contributed by atoms with E-state index in [1.807, 2.05) is 0 Å². The van der Waals surface area contributed by atoms with Gasteiger partial charge >= 0.3 is 6.09 Å². The highest BCUT2D eigenvalue weighted by molar-refractivity contribution is 5.65. The fourth-order valence-corrected chi connectivity index (χ4v) is 1.14. The third kappa shape index (κ3) is 1.39. The second kappa shape index (κ2) is 2.88. The molecule has 1 rings (SSSR count). The Balaban J connectivity index is 2.23. The van der Waals surface area contributed by atoms with Crippen molar-refractivity contribution in [3.8, 4) is 0 Å². The molecular weight excluding hydrogens is 134 g/mol. The fraction of sp³-hybridized carbons (Fsp3) is 0.833. The summed E-state index contributed by atoms with van der Waals surface area (Å²) in [5.74, 6) is 0.149. The lowest BCUT2D eigenvalue weighted by molar-refractivity contribution is 0.110. The van der Waals surface area contributed by atoms with Crippen molar-refractivity contribution in [2.24, 2.45) is 5.92 Å². The van der Waals surface area contributed by atoms with Crippen LogP contribution < -0.4 is 5.32 Å². The molecule has 0 bridgehead atoms. The number of carbonyl (C=O) groups is 1. The second-order valence-corrected chi connectivity index (χ2v) is 2.58. The molecule has 3 N–H and O–H groups in total. The van der Waals surface area contributed by atoms with Crippen LogP contribution in [-0.2, 0) is 0 Å². The standard InChI is InChI=1S/C6H11NO3/c8-3-4-1-2-5(4)7-6(9)10/h4-5,7-8H,1-3H2,(H,9,10)/t4-,5+/m1/s1. The molecule has 1 saturated carbocycles. The predicted octanol–water partition coefficient (Wildman–Crippen LogP) is 0.0249. The number of aliphatic hydroxyl groups excluding tert-OH is 1. The van der Waals surface area contributed by atoms with E-state index in [0.29, 0.717) is 0 Å². The molecule has 1 amide bonds. The number of hydrogen-bond donors (Lipinski definition) is 3. The van der Waals surface area contributed by atoms with Gasteiger partial charge in [0, 0.05) is 18.6 Å². The van der Waals surface area contributed by atoms with Gasteiger partial charge in [-0.3, -0.25) is 0 Å². The Bertz CT molecular complexity index is 135. The molecule has 10 heavy (non-hydrogen) atoms. The van der Waals surface area contributed by atoms with E-state index < -0.39 is 6.09 Å². The summed E-state index contributed by atoms with van der Waals surface area (Å²) in [5.41, 5.74) is 0. The zero-order chi connectivity index (χ0) is 7.56. The summed E-state index contributed by atoms with van der Waals surface area (Å²) >= 11 is 0. The highest BCUT2D eigenvalue weighted by atomic mass is 16.4. The quantitative estimate of drug-likeness (QED) is 0.513. The number of hydrogen-bond acceptors (Lipinski definition) is 2. The van der Waals surface area contributed by atoms with Gasteiger partial charge < -0.3 is 15.5 Å². The summed E-state index contributed by atoms with van der Waals surface area (Å²) in [6.45, 7) is 0.0882. The van der Waals surface area contributed by atoms with Crippen molar-refractivity contribution in [2.45, 2.75) is 18.9 Å². The zero-order valence-electron chi connectivity index (χ0n) is 5.58. The van der Waals surface area contributed by atoms with Crippen LogP contribution in [-0.4, -0.2) is 29.0 Å². The van der Waals surface area contributed by atoms with Crippen LogP contribution in [0.25, 0.3) is 0 Å². The zero-order valence-corrected chi connectivity index (χ0v) is 5.58. The van der Waals surface area contributed by atoms with Crippen LogP contribution in [0.1, 0.15) is 12.8 Å². The second-order valence-electron chi connectivity index (χ2n) is 2.58. The van der Waals surface area contributed by atoms with E-state index in [0.717, 1.165) is 12.8 Å². The van der Waals surface area contributed by atoms with Crippen LogP contribution >= 0.6 is 0 Å². The van der Waals surface area contributed by atoms with Gasteiger partial charge in [-0.15, -0.1) is 0 Å². The van der Waals surface area contributed by atoms with Crippen LogP contribution in [0.5, 0.6) is 0 Å². The third-order valence-corrected chi connectivity index (χ3v) is 1.96. The van der Waals surface area contributed by atoms with Gasteiger partial charge in [-0.2, -0.15) is 0 Å². The summed E-state index contributed by atoms with van der Waals surface area (Å²) in [6, 6.07) is -0.0116. The number of amides is 1. The molecule has 0 aromatic rings. The number of rotatable bonds is 2. The Morgan fingerprint density at radius 2 is 2.30 bits per heavy atom. The number of aliphatic hydroxyl groups is 1. The minimum Gasteiger partial charge on any atom is -0.465 e. The third-order valence-electron chi connectivity index (χ3n) is 1.96. The average molecular weight is 145 g/mol. The molecule has 0 saturated heterocycles. The average Bonchev–Trinajstić information content (AvgIpc) is 1.82. The van der Waals surface area contributed by atoms with Crippen molar-refractivity contribution in [2.75, 3.05) is 6.61 Å². The van der Waals surface area contributed by atoms with Crippen LogP contribution in [0.2, 0.25) is 0 Å². The first kappa shape index (κ1) is 7.34. The Morgan fingerprint density at radius 3 is 2.60 bits per heavy atom. The molecule has 0 radical (unpaired) electrons. The molecule has 1 fully saturated rings. The van der Waals surface area contributed by atoms with Gasteiger partial charge in [0.1, 0.15) is 0 Å². The minimum atomic E-state index is -0.997. The largest absolute Gasteiger partial charge is 0.465 e. The van der Waals surface area contributed by atoms with Crippen LogP contribution in [0, 0.1) is 5.92 Å². The van der Waals surface area contributed by atoms with Crippen molar-refractivity contribution in [3.05, 3.63) is 0 Å². The lowest BCUT2D eigenvalue weighted by atomic mass is 9.80. The van der Waals surface area contributed by atoms with Gasteiger partial charge in [0.25, 0.3) is 0 Å². The van der Waals surface area contributed by atoms with E-state index >= 15 is 0 Å². The Kier molecular flexibility index (Phi) is 2.11. The topological polar surface area (TPSA) is 69.6 Å². The van der Waals surface area contributed by atoms with E-state index in [2.05, 4.69) is 5.32 Å². The predicted molar refractivity (Wildman–Crippen MR) is 34.8 cm³/mol. The first-order valence-corrected chi connectivity index (χ1v) is 3.34. The molecule has 2 atom stereocenters. The van der Waals surface area contributed by atoms with Crippen LogP contribution in [0.15, 0.2) is 0 Å². The van der Waals surface area contributed by atoms with Crippen molar-refractivity contribution in [1.82, 2.24) is 5.32 Å². The molecule has 4 heteroatoms. The fourth-order valence-electron chi connectivity index (χ4n) is 1.14. The van der Waals surface area contributed by atoms with Gasteiger partial charge in [0.15, 0.2) is 0 Å². The molecule has 58 valence electrons. The molecule has 0 aliphatic heterocycles. The summed E-state index contributed by atoms with van der Waals surface area (Å²) in [4.78, 5) is 10.1. The van der Waals surface area contributed by atoms with E-state index in [-0.39, 0.29) is 18.6 Å². The molecule has 0 spiro atoms. The lowest BCUT2D eigenvalue weighted by Gasteiger charge is -2.34. The van der Waals surface area contributed by atoms with E-state index in [1.54, 1.807) is 0 Å². The maximum absolute atomic E-state index is 10.1. The Labute approximate surface area is 58.9 Å². The van der Waals surface area contributed by atoms with Gasteiger partial charge in [-0.1, -0.05) is 0 Å². The first-order chi connectivity index (χ1) is 4.74. The van der Waals surface area contributed by atoms with E-state index in [4.69, 9.17) is 10.2 Å². The molecule has 0 aromatic carbocycles. The first-order valence-electron chi connectivity index (χ1n) is 3.34. The minimum absolute atomic E-state index is 0.0116. The maximum Gasteiger partial charge on any atom is 0.404 e. The van der Waals surface area contributed by atoms with Gasteiger partial charge in [-0.05, 0) is 12.8 Å². The van der Waals surface area contributed by atoms with Crippen molar-refractivity contribution in [3.63, 3.8) is 0 Å². The Hall–Kier alpha value is -0.770. The van der Waals surface area contributed by atoms with E-state index in [1.165, 1.54) is 0 Å². The molecule has 0 unspecified atom stereocenters. The summed E-state index contributed by atoms with van der Waals surface area (Å²) < 4.78 is 0. The highest BCUT2D eigenvalue weighted by Crippen LogP contribution is 2.26. The normalized spacial score (nSPS) is 30.9. The van der Waals surface area contributed by atoms with Crippen molar-refractivity contribution in [1.29, 1.82) is 0 Å². The highest BCUT2D eigenvalue weighted by Gasteiger charge is 2.30. The molecule has 0 aromatic heterocycles. The number of carboxylic acid groups (broad SMARTS) is 1. The summed E-state index contributed by atoms with van der Waals surface area (Å²) in [5, 5.41) is 19.2. The SMILES string of the molecule is O=C(O)N[C@H]1CC[C@@H]1CO. The lowest BCUT2D eigenvalue weighted by Crippen LogP contribution is -2.47. The van der Waals surface area contributed by atoms with Crippen molar-refractivity contribution >= 4 is 6.09 Å². The molecular formula is C6H11NO3. The van der Waals surface area contributed by atoms with Crippen LogP contribution in [0.4, 0.5) is 4.79 Å². The number of nitrogens with one attached hydrogen (secondary N) is 1. The van der Waals surface area contributed by atoms with E-state index in [9.17, 15) is 4.79 Å². The van der Waals surface area contributed by atoms with Crippen LogP contribution in [0.3, 0.4) is 0 Å². The smallest absolute Gasteiger partial charge is 0.404 e. The maximum atomic E-state index is 10.1. The van der Waals surface area contributed by atoms with Gasteiger partial charge in [0.2, 0.25) is 0 Å². The molecule has 4 nitrogen and oxygen atoms in total. The molecule has 1 aliphatic rings. The monoisotopic (exact) mass is 145 g/mol. The molecule has 1 aliphatic carbocycles. The summed E-state index contributed by atoms with van der Waals surface area (Å²) in [6.07, 6.45) is 0.794. The molecule has 0 heterocycles. The summed E-state index contributed by atoms with van der Waals surface area (Å²) in [7, 11) is 0. The van der Waals surface area contributed by atoms with Gasteiger partial charge in [0.05, 0.1) is 0 Å².